The first-order valence-electron chi connectivity index (χ1n) is 5.01. The van der Waals surface area contributed by atoms with E-state index in [1.807, 2.05) is 12.1 Å². The van der Waals surface area contributed by atoms with Crippen LogP contribution < -0.4 is 11.1 Å². The lowest BCUT2D eigenvalue weighted by Crippen LogP contribution is -1.94. The van der Waals surface area contributed by atoms with Crippen molar-refractivity contribution < 1.29 is 0 Å². The number of anilines is 3. The van der Waals surface area contributed by atoms with Crippen LogP contribution >= 0.6 is 11.6 Å². The molecule has 0 amide bonds. The molecule has 3 nitrogen and oxygen atoms in total. The Hall–Kier alpha value is -2.18. The maximum absolute atomic E-state index is 9.00. The van der Waals surface area contributed by atoms with Gasteiger partial charge >= 0.3 is 0 Å². The van der Waals surface area contributed by atoms with Gasteiger partial charge in [0.25, 0.3) is 0 Å². The molecule has 0 radical (unpaired) electrons. The summed E-state index contributed by atoms with van der Waals surface area (Å²) in [7, 11) is 0. The Bertz CT molecular complexity index is 587. The summed E-state index contributed by atoms with van der Waals surface area (Å²) in [6, 6.07) is 14.5. The lowest BCUT2D eigenvalue weighted by atomic mass is 10.2. The number of benzene rings is 2. The number of nitriles is 1. The quantitative estimate of drug-likeness (QED) is 0.793. The maximum atomic E-state index is 9.00. The molecule has 0 saturated heterocycles. The fourth-order valence-electron chi connectivity index (χ4n) is 1.49. The molecule has 2 aromatic carbocycles. The van der Waals surface area contributed by atoms with Gasteiger partial charge in [0.1, 0.15) is 6.07 Å². The topological polar surface area (TPSA) is 61.8 Å². The Labute approximate surface area is 104 Å². The normalized spacial score (nSPS) is 9.65. The van der Waals surface area contributed by atoms with E-state index in [-0.39, 0.29) is 0 Å². The van der Waals surface area contributed by atoms with Crippen molar-refractivity contribution in [3.63, 3.8) is 0 Å². The van der Waals surface area contributed by atoms with E-state index in [0.29, 0.717) is 22.0 Å². The average Bonchev–Trinajstić information content (AvgIpc) is 2.31. The molecule has 0 heterocycles. The van der Waals surface area contributed by atoms with Crippen LogP contribution in [-0.2, 0) is 0 Å². The van der Waals surface area contributed by atoms with Gasteiger partial charge in [-0.25, -0.2) is 0 Å². The van der Waals surface area contributed by atoms with Gasteiger partial charge in [0.2, 0.25) is 0 Å². The highest BCUT2D eigenvalue weighted by Crippen LogP contribution is 2.24. The molecule has 0 spiro atoms. The third-order valence-electron chi connectivity index (χ3n) is 2.27. The van der Waals surface area contributed by atoms with E-state index in [1.165, 1.54) is 0 Å². The van der Waals surface area contributed by atoms with Crippen molar-refractivity contribution in [3.05, 3.63) is 53.1 Å². The summed E-state index contributed by atoms with van der Waals surface area (Å²) < 4.78 is 0. The summed E-state index contributed by atoms with van der Waals surface area (Å²) in [4.78, 5) is 0. The van der Waals surface area contributed by atoms with Crippen molar-refractivity contribution in [1.29, 1.82) is 5.26 Å². The molecular weight excluding hydrogens is 234 g/mol. The van der Waals surface area contributed by atoms with Crippen LogP contribution in [0.15, 0.2) is 42.5 Å². The number of hydrogen-bond acceptors (Lipinski definition) is 3. The molecule has 0 atom stereocenters. The highest BCUT2D eigenvalue weighted by molar-refractivity contribution is 6.30. The standard InChI is InChI=1S/C13H10ClN3/c14-10-4-5-13(9(6-10)8-15)17-12-3-1-2-11(16)7-12/h1-7,17H,16H2. The van der Waals surface area contributed by atoms with E-state index in [9.17, 15) is 0 Å². The number of nitrogens with one attached hydrogen (secondary N) is 1. The van der Waals surface area contributed by atoms with Crippen LogP contribution in [0.1, 0.15) is 5.56 Å². The second-order valence-corrected chi connectivity index (χ2v) is 3.99. The van der Waals surface area contributed by atoms with Gasteiger partial charge in [-0.15, -0.1) is 0 Å². The predicted octanol–water partition coefficient (Wildman–Crippen LogP) is 3.54. The Balaban J connectivity index is 2.34. The van der Waals surface area contributed by atoms with Crippen LogP contribution in [0.5, 0.6) is 0 Å². The number of nitrogens with two attached hydrogens (primary N) is 1. The van der Waals surface area contributed by atoms with Crippen molar-refractivity contribution in [2.45, 2.75) is 0 Å². The summed E-state index contributed by atoms with van der Waals surface area (Å²) in [5, 5.41) is 12.7. The molecule has 0 unspecified atom stereocenters. The van der Waals surface area contributed by atoms with Crippen LogP contribution in [0.25, 0.3) is 0 Å². The largest absolute Gasteiger partial charge is 0.399 e. The fraction of sp³-hybridized carbons (Fsp3) is 0. The monoisotopic (exact) mass is 243 g/mol. The minimum absolute atomic E-state index is 0.500. The molecule has 0 aliphatic rings. The lowest BCUT2D eigenvalue weighted by molar-refractivity contribution is 1.46. The molecule has 0 aliphatic carbocycles. The molecule has 3 N–H and O–H groups in total. The van der Waals surface area contributed by atoms with Crippen molar-refractivity contribution >= 4 is 28.7 Å². The first-order valence-corrected chi connectivity index (χ1v) is 5.39. The van der Waals surface area contributed by atoms with E-state index in [2.05, 4.69) is 11.4 Å². The second-order valence-electron chi connectivity index (χ2n) is 3.55. The average molecular weight is 244 g/mol. The predicted molar refractivity (Wildman–Crippen MR) is 70.3 cm³/mol. The minimum Gasteiger partial charge on any atom is -0.399 e. The molecule has 2 rings (SSSR count). The van der Waals surface area contributed by atoms with Gasteiger partial charge in [-0.05, 0) is 36.4 Å². The molecule has 0 aromatic heterocycles. The Morgan fingerprint density at radius 2 is 2.00 bits per heavy atom. The molecule has 4 heteroatoms. The van der Waals surface area contributed by atoms with Crippen LogP contribution in [0.3, 0.4) is 0 Å². The van der Waals surface area contributed by atoms with Crippen LogP contribution in [0.4, 0.5) is 17.1 Å². The first kappa shape index (κ1) is 11.3. The zero-order chi connectivity index (χ0) is 12.3. The van der Waals surface area contributed by atoms with Gasteiger partial charge in [0, 0.05) is 16.4 Å². The number of rotatable bonds is 2. The third-order valence-corrected chi connectivity index (χ3v) is 2.50. The van der Waals surface area contributed by atoms with Gasteiger partial charge in [-0.3, -0.25) is 0 Å². The van der Waals surface area contributed by atoms with Crippen LogP contribution in [-0.4, -0.2) is 0 Å². The summed E-state index contributed by atoms with van der Waals surface area (Å²) in [6.07, 6.45) is 0. The van der Waals surface area contributed by atoms with E-state index >= 15 is 0 Å². The molecular formula is C13H10ClN3. The Morgan fingerprint density at radius 1 is 1.18 bits per heavy atom. The third kappa shape index (κ3) is 2.68. The first-order chi connectivity index (χ1) is 8.19. The Kier molecular flexibility index (Phi) is 3.17. The number of halogens is 1. The zero-order valence-electron chi connectivity index (χ0n) is 8.94. The molecule has 0 saturated carbocycles. The smallest absolute Gasteiger partial charge is 0.101 e. The van der Waals surface area contributed by atoms with Crippen molar-refractivity contribution in [3.8, 4) is 6.07 Å². The van der Waals surface area contributed by atoms with Crippen molar-refractivity contribution in [1.82, 2.24) is 0 Å². The maximum Gasteiger partial charge on any atom is 0.101 e. The van der Waals surface area contributed by atoms with E-state index in [0.717, 1.165) is 5.69 Å². The SMILES string of the molecule is N#Cc1cc(Cl)ccc1Nc1cccc(N)c1. The molecule has 17 heavy (non-hydrogen) atoms. The van der Waals surface area contributed by atoms with Gasteiger partial charge < -0.3 is 11.1 Å². The fourth-order valence-corrected chi connectivity index (χ4v) is 1.66. The van der Waals surface area contributed by atoms with Gasteiger partial charge in [0.15, 0.2) is 0 Å². The van der Waals surface area contributed by atoms with E-state index < -0.39 is 0 Å². The van der Waals surface area contributed by atoms with Gasteiger partial charge in [0.05, 0.1) is 11.3 Å². The van der Waals surface area contributed by atoms with Crippen LogP contribution in [0, 0.1) is 11.3 Å². The molecule has 2 aromatic rings. The second kappa shape index (κ2) is 4.77. The lowest BCUT2D eigenvalue weighted by Gasteiger charge is -2.08. The van der Waals surface area contributed by atoms with Crippen molar-refractivity contribution in [2.75, 3.05) is 11.1 Å². The Morgan fingerprint density at radius 3 is 2.71 bits per heavy atom. The van der Waals surface area contributed by atoms with Gasteiger partial charge in [-0.2, -0.15) is 5.26 Å². The summed E-state index contributed by atoms with van der Waals surface area (Å²) in [5.41, 5.74) is 8.40. The van der Waals surface area contributed by atoms with Gasteiger partial charge in [-0.1, -0.05) is 17.7 Å². The number of nitrogen functional groups attached to an aromatic ring is 1. The summed E-state index contributed by atoms with van der Waals surface area (Å²) in [6.45, 7) is 0. The molecule has 0 bridgehead atoms. The van der Waals surface area contributed by atoms with E-state index in [1.54, 1.807) is 30.3 Å². The highest BCUT2D eigenvalue weighted by atomic mass is 35.5. The summed E-state index contributed by atoms with van der Waals surface area (Å²) >= 11 is 5.82. The molecule has 0 aliphatic heterocycles. The molecule has 84 valence electrons. The van der Waals surface area contributed by atoms with Crippen molar-refractivity contribution in [2.24, 2.45) is 0 Å². The number of nitrogens with zero attached hydrogens (tertiary/aromatic N) is 1. The minimum atomic E-state index is 0.500. The molecule has 0 fully saturated rings. The number of hydrogen-bond donors (Lipinski definition) is 2. The summed E-state index contributed by atoms with van der Waals surface area (Å²) in [5.74, 6) is 0. The zero-order valence-corrected chi connectivity index (χ0v) is 9.70. The highest BCUT2D eigenvalue weighted by Gasteiger charge is 2.03. The van der Waals surface area contributed by atoms with Crippen LogP contribution in [0.2, 0.25) is 5.02 Å². The van der Waals surface area contributed by atoms with E-state index in [4.69, 9.17) is 22.6 Å².